The summed E-state index contributed by atoms with van der Waals surface area (Å²) in [6.45, 7) is 1.87. The first kappa shape index (κ1) is 19.6. The van der Waals surface area contributed by atoms with Gasteiger partial charge in [-0.25, -0.2) is 9.07 Å². The summed E-state index contributed by atoms with van der Waals surface area (Å²) in [5.41, 5.74) is 1.40. The third-order valence-corrected chi connectivity index (χ3v) is 4.36. The molecule has 2 aromatic carbocycles. The second kappa shape index (κ2) is 7.46. The average molecular weight is 391 g/mol. The van der Waals surface area contributed by atoms with Crippen molar-refractivity contribution in [2.45, 2.75) is 19.6 Å². The van der Waals surface area contributed by atoms with E-state index >= 15 is 0 Å². The highest BCUT2D eigenvalue weighted by Crippen LogP contribution is 2.29. The molecule has 1 aromatic heterocycles. The van der Waals surface area contributed by atoms with Gasteiger partial charge in [-0.3, -0.25) is 4.79 Å². The van der Waals surface area contributed by atoms with Crippen LogP contribution < -0.4 is 0 Å². The van der Waals surface area contributed by atoms with E-state index in [1.165, 1.54) is 40.0 Å². The summed E-state index contributed by atoms with van der Waals surface area (Å²) in [6, 6.07) is 10.4. The molecule has 0 radical (unpaired) electrons. The fourth-order valence-corrected chi connectivity index (χ4v) is 2.81. The van der Waals surface area contributed by atoms with E-state index in [1.54, 1.807) is 26.1 Å². The fourth-order valence-electron chi connectivity index (χ4n) is 2.81. The van der Waals surface area contributed by atoms with E-state index in [2.05, 4.69) is 5.10 Å². The molecule has 0 N–H and O–H groups in total. The highest BCUT2D eigenvalue weighted by molar-refractivity contribution is 5.95. The van der Waals surface area contributed by atoms with Gasteiger partial charge in [0.2, 0.25) is 0 Å². The number of carbonyl (C=O) groups excluding carboxylic acids is 1. The Labute approximate surface area is 159 Å². The minimum Gasteiger partial charge on any atom is -0.337 e. The van der Waals surface area contributed by atoms with Gasteiger partial charge in [-0.2, -0.15) is 18.3 Å². The number of hydrogen-bond acceptors (Lipinski definition) is 2. The van der Waals surface area contributed by atoms with E-state index in [-0.39, 0.29) is 18.3 Å². The Morgan fingerprint density at radius 2 is 1.68 bits per heavy atom. The second-order valence-corrected chi connectivity index (χ2v) is 6.39. The van der Waals surface area contributed by atoms with E-state index in [0.29, 0.717) is 22.5 Å². The molecule has 0 atom stereocenters. The molecule has 8 heteroatoms. The molecule has 3 rings (SSSR count). The van der Waals surface area contributed by atoms with Gasteiger partial charge in [0.25, 0.3) is 5.91 Å². The zero-order valence-corrected chi connectivity index (χ0v) is 15.2. The second-order valence-electron chi connectivity index (χ2n) is 6.39. The summed E-state index contributed by atoms with van der Waals surface area (Å²) in [4.78, 5) is 14.1. The molecule has 0 fully saturated rings. The summed E-state index contributed by atoms with van der Waals surface area (Å²) in [5.74, 6) is -0.688. The van der Waals surface area contributed by atoms with Gasteiger partial charge in [0.05, 0.1) is 28.7 Å². The predicted octanol–water partition coefficient (Wildman–Crippen LogP) is 4.61. The van der Waals surface area contributed by atoms with Crippen LogP contribution in [0.15, 0.2) is 54.7 Å². The van der Waals surface area contributed by atoms with Crippen molar-refractivity contribution in [2.24, 2.45) is 0 Å². The lowest BCUT2D eigenvalue weighted by molar-refractivity contribution is -0.137. The molecule has 0 saturated carbocycles. The molecule has 0 saturated heterocycles. The van der Waals surface area contributed by atoms with Crippen LogP contribution >= 0.6 is 0 Å². The van der Waals surface area contributed by atoms with Gasteiger partial charge < -0.3 is 4.90 Å². The van der Waals surface area contributed by atoms with Crippen LogP contribution in [0, 0.1) is 12.7 Å². The Kier molecular flexibility index (Phi) is 5.22. The number of amides is 1. The van der Waals surface area contributed by atoms with Crippen molar-refractivity contribution in [3.63, 3.8) is 0 Å². The molecule has 1 heterocycles. The molecular formula is C20H17F4N3O. The van der Waals surface area contributed by atoms with Crippen LogP contribution in [0.25, 0.3) is 5.69 Å². The number of hydrogen-bond donors (Lipinski definition) is 0. The first-order valence-corrected chi connectivity index (χ1v) is 8.39. The highest BCUT2D eigenvalue weighted by atomic mass is 19.4. The largest absolute Gasteiger partial charge is 0.416 e. The van der Waals surface area contributed by atoms with Crippen molar-refractivity contribution < 1.29 is 22.4 Å². The molecule has 4 nitrogen and oxygen atoms in total. The van der Waals surface area contributed by atoms with Gasteiger partial charge in [0.1, 0.15) is 5.82 Å². The molecule has 146 valence electrons. The lowest BCUT2D eigenvalue weighted by atomic mass is 10.1. The maximum atomic E-state index is 13.1. The fraction of sp³-hybridized carbons (Fsp3) is 0.200. The third kappa shape index (κ3) is 4.05. The smallest absolute Gasteiger partial charge is 0.337 e. The number of rotatable bonds is 4. The zero-order chi connectivity index (χ0) is 20.5. The third-order valence-electron chi connectivity index (χ3n) is 4.36. The van der Waals surface area contributed by atoms with Crippen LogP contribution in [0.5, 0.6) is 0 Å². The van der Waals surface area contributed by atoms with E-state index in [9.17, 15) is 22.4 Å². The van der Waals surface area contributed by atoms with Gasteiger partial charge in [-0.15, -0.1) is 0 Å². The molecule has 0 aliphatic rings. The number of carbonyl (C=O) groups is 1. The van der Waals surface area contributed by atoms with Crippen molar-refractivity contribution in [2.75, 3.05) is 7.05 Å². The van der Waals surface area contributed by atoms with Gasteiger partial charge >= 0.3 is 6.18 Å². The van der Waals surface area contributed by atoms with E-state index in [4.69, 9.17) is 0 Å². The van der Waals surface area contributed by atoms with Gasteiger partial charge in [0, 0.05) is 13.6 Å². The zero-order valence-electron chi connectivity index (χ0n) is 15.2. The Balaban J connectivity index is 1.76. The highest BCUT2D eigenvalue weighted by Gasteiger charge is 2.30. The van der Waals surface area contributed by atoms with Crippen LogP contribution in [0.1, 0.15) is 27.2 Å². The van der Waals surface area contributed by atoms with Gasteiger partial charge in [-0.05, 0) is 48.9 Å². The number of alkyl halides is 3. The first-order valence-electron chi connectivity index (χ1n) is 8.39. The molecule has 0 bridgehead atoms. The predicted molar refractivity (Wildman–Crippen MR) is 95.5 cm³/mol. The molecule has 1 amide bonds. The molecule has 0 spiro atoms. The minimum absolute atomic E-state index is 0.151. The summed E-state index contributed by atoms with van der Waals surface area (Å²) in [7, 11) is 1.56. The van der Waals surface area contributed by atoms with Crippen LogP contribution in [0.3, 0.4) is 0 Å². The van der Waals surface area contributed by atoms with E-state index in [1.807, 2.05) is 0 Å². The van der Waals surface area contributed by atoms with E-state index in [0.717, 1.165) is 12.1 Å². The number of nitrogens with zero attached hydrogens (tertiary/aromatic N) is 3. The Hall–Kier alpha value is -3.16. The summed E-state index contributed by atoms with van der Waals surface area (Å²) in [6.07, 6.45) is -2.98. The number of benzene rings is 2. The summed E-state index contributed by atoms with van der Waals surface area (Å²) < 4.78 is 52.6. The Morgan fingerprint density at radius 3 is 2.25 bits per heavy atom. The van der Waals surface area contributed by atoms with E-state index < -0.39 is 11.7 Å². The molecule has 0 aliphatic heterocycles. The molecular weight excluding hydrogens is 374 g/mol. The maximum absolute atomic E-state index is 13.1. The normalized spacial score (nSPS) is 11.5. The molecule has 28 heavy (non-hydrogen) atoms. The lowest BCUT2D eigenvalue weighted by Crippen LogP contribution is -2.26. The van der Waals surface area contributed by atoms with Crippen LogP contribution in [0.2, 0.25) is 0 Å². The minimum atomic E-state index is -4.40. The van der Waals surface area contributed by atoms with Crippen LogP contribution in [-0.4, -0.2) is 27.6 Å². The van der Waals surface area contributed by atoms with Crippen molar-refractivity contribution in [1.29, 1.82) is 0 Å². The number of halogens is 4. The average Bonchev–Trinajstić information content (AvgIpc) is 3.03. The van der Waals surface area contributed by atoms with Crippen molar-refractivity contribution in [3.8, 4) is 5.69 Å². The SMILES string of the molecule is Cc1c(C(=O)N(C)Cc2ccc(C(F)(F)F)cc2)cnn1-c1ccc(F)cc1. The molecule has 0 unspecified atom stereocenters. The summed E-state index contributed by atoms with van der Waals surface area (Å²) >= 11 is 0. The van der Waals surface area contributed by atoms with Crippen molar-refractivity contribution in [1.82, 2.24) is 14.7 Å². The van der Waals surface area contributed by atoms with Crippen molar-refractivity contribution in [3.05, 3.63) is 82.9 Å². The maximum Gasteiger partial charge on any atom is 0.416 e. The Bertz CT molecular complexity index is 976. The van der Waals surface area contributed by atoms with Gasteiger partial charge in [0.15, 0.2) is 0 Å². The molecule has 0 aliphatic carbocycles. The Morgan fingerprint density at radius 1 is 1.07 bits per heavy atom. The monoisotopic (exact) mass is 391 g/mol. The molecule has 3 aromatic rings. The van der Waals surface area contributed by atoms with Crippen LogP contribution in [0.4, 0.5) is 17.6 Å². The lowest BCUT2D eigenvalue weighted by Gasteiger charge is -2.17. The van der Waals surface area contributed by atoms with Crippen molar-refractivity contribution >= 4 is 5.91 Å². The standard InChI is InChI=1S/C20H17F4N3O/c1-13-18(11-25-27(13)17-9-7-16(21)8-10-17)19(28)26(2)12-14-3-5-15(6-4-14)20(22,23)24/h3-11H,12H2,1-2H3. The van der Waals surface area contributed by atoms with Crippen LogP contribution in [-0.2, 0) is 12.7 Å². The number of aromatic nitrogens is 2. The topological polar surface area (TPSA) is 38.1 Å². The quantitative estimate of drug-likeness (QED) is 0.609. The first-order chi connectivity index (χ1) is 13.2. The van der Waals surface area contributed by atoms with Gasteiger partial charge in [-0.1, -0.05) is 12.1 Å². The summed E-state index contributed by atoms with van der Waals surface area (Å²) in [5, 5.41) is 4.19.